The molecular formula is C17H12Cl2N2O3S. The van der Waals surface area contributed by atoms with E-state index in [-0.39, 0.29) is 4.90 Å². The zero-order valence-corrected chi connectivity index (χ0v) is 15.0. The van der Waals surface area contributed by atoms with Crippen molar-refractivity contribution in [3.8, 4) is 11.3 Å². The van der Waals surface area contributed by atoms with Gasteiger partial charge in [-0.2, -0.15) is 18.4 Å². The number of nitrogens with one attached hydrogen (secondary N) is 1. The second-order valence-electron chi connectivity index (χ2n) is 5.00. The lowest BCUT2D eigenvalue weighted by molar-refractivity contribution is 0.573. The standard InChI is InChI=1S/C17H12Cl2N2O3S/c18-15-8-6-12(10-16(15)19)17-9-7-13(24-17)11-20-21-25(22,23)14-4-2-1-3-5-14/h1-11,21H/b20-11-. The molecule has 0 unspecified atom stereocenters. The molecule has 0 aliphatic heterocycles. The Kier molecular flexibility index (Phi) is 5.13. The van der Waals surface area contributed by atoms with Gasteiger partial charge >= 0.3 is 0 Å². The largest absolute Gasteiger partial charge is 0.455 e. The Morgan fingerprint density at radius 2 is 1.72 bits per heavy atom. The third-order valence-corrected chi connectivity index (χ3v) is 5.23. The van der Waals surface area contributed by atoms with Crippen molar-refractivity contribution in [2.45, 2.75) is 4.90 Å². The monoisotopic (exact) mass is 394 g/mol. The molecule has 0 saturated carbocycles. The molecule has 3 aromatic rings. The second kappa shape index (κ2) is 7.31. The van der Waals surface area contributed by atoms with Crippen LogP contribution in [0.25, 0.3) is 11.3 Å². The van der Waals surface area contributed by atoms with Crippen LogP contribution in [-0.2, 0) is 10.0 Å². The number of benzene rings is 2. The van der Waals surface area contributed by atoms with Crippen LogP contribution in [0.3, 0.4) is 0 Å². The first-order chi connectivity index (χ1) is 12.0. The van der Waals surface area contributed by atoms with E-state index < -0.39 is 10.0 Å². The molecule has 5 nitrogen and oxygen atoms in total. The number of hydrogen-bond acceptors (Lipinski definition) is 4. The molecule has 128 valence electrons. The van der Waals surface area contributed by atoms with Crippen LogP contribution in [-0.4, -0.2) is 14.6 Å². The van der Waals surface area contributed by atoms with E-state index in [2.05, 4.69) is 9.93 Å². The Morgan fingerprint density at radius 3 is 2.44 bits per heavy atom. The Hall–Kier alpha value is -2.28. The molecule has 0 spiro atoms. The molecular weight excluding hydrogens is 383 g/mol. The predicted molar refractivity (Wildman–Crippen MR) is 98.5 cm³/mol. The van der Waals surface area contributed by atoms with Gasteiger partial charge in [0.2, 0.25) is 0 Å². The highest BCUT2D eigenvalue weighted by molar-refractivity contribution is 7.89. The number of hydrogen-bond donors (Lipinski definition) is 1. The molecule has 0 radical (unpaired) electrons. The number of nitrogens with zero attached hydrogens (tertiary/aromatic N) is 1. The molecule has 0 bridgehead atoms. The summed E-state index contributed by atoms with van der Waals surface area (Å²) < 4.78 is 29.7. The van der Waals surface area contributed by atoms with Crippen LogP contribution in [0.2, 0.25) is 10.0 Å². The normalized spacial score (nSPS) is 11.8. The molecule has 0 atom stereocenters. The van der Waals surface area contributed by atoms with Gasteiger partial charge in [0.25, 0.3) is 10.0 Å². The second-order valence-corrected chi connectivity index (χ2v) is 7.47. The molecule has 2 aromatic carbocycles. The Bertz CT molecular complexity index is 1020. The predicted octanol–water partition coefficient (Wildman–Crippen LogP) is 4.57. The maximum atomic E-state index is 12.0. The number of hydrazone groups is 1. The minimum atomic E-state index is -3.71. The maximum absolute atomic E-state index is 12.0. The summed E-state index contributed by atoms with van der Waals surface area (Å²) in [5, 5.41) is 4.60. The molecule has 0 aliphatic rings. The summed E-state index contributed by atoms with van der Waals surface area (Å²) in [6.45, 7) is 0. The Balaban J connectivity index is 1.73. The smallest absolute Gasteiger partial charge is 0.276 e. The molecule has 0 amide bonds. The fourth-order valence-corrected chi connectivity index (χ4v) is 3.15. The van der Waals surface area contributed by atoms with Crippen molar-refractivity contribution in [2.24, 2.45) is 5.10 Å². The molecule has 0 fully saturated rings. The quantitative estimate of drug-likeness (QED) is 0.508. The van der Waals surface area contributed by atoms with E-state index >= 15 is 0 Å². The fourth-order valence-electron chi connectivity index (χ4n) is 2.04. The van der Waals surface area contributed by atoms with Gasteiger partial charge in [-0.1, -0.05) is 41.4 Å². The minimum Gasteiger partial charge on any atom is -0.455 e. The van der Waals surface area contributed by atoms with Crippen LogP contribution in [0.5, 0.6) is 0 Å². The van der Waals surface area contributed by atoms with E-state index in [1.165, 1.54) is 18.3 Å². The van der Waals surface area contributed by atoms with E-state index in [1.807, 2.05) is 0 Å². The van der Waals surface area contributed by atoms with Crippen molar-refractivity contribution in [3.05, 3.63) is 76.5 Å². The van der Waals surface area contributed by atoms with Crippen molar-refractivity contribution in [1.82, 2.24) is 4.83 Å². The number of halogens is 2. The third-order valence-electron chi connectivity index (χ3n) is 3.25. The Morgan fingerprint density at radius 1 is 0.960 bits per heavy atom. The lowest BCUT2D eigenvalue weighted by Crippen LogP contribution is -2.18. The van der Waals surface area contributed by atoms with Gasteiger partial charge in [-0.3, -0.25) is 0 Å². The maximum Gasteiger partial charge on any atom is 0.276 e. The van der Waals surface area contributed by atoms with Gasteiger partial charge in [-0.15, -0.1) is 0 Å². The topological polar surface area (TPSA) is 71.7 Å². The highest BCUT2D eigenvalue weighted by Gasteiger charge is 2.11. The van der Waals surface area contributed by atoms with Crippen molar-refractivity contribution < 1.29 is 12.8 Å². The van der Waals surface area contributed by atoms with Crippen molar-refractivity contribution in [1.29, 1.82) is 0 Å². The van der Waals surface area contributed by atoms with Crippen LogP contribution >= 0.6 is 23.2 Å². The summed E-state index contributed by atoms with van der Waals surface area (Å²) in [6, 6.07) is 16.5. The van der Waals surface area contributed by atoms with Gasteiger partial charge in [0.1, 0.15) is 11.5 Å². The summed E-state index contributed by atoms with van der Waals surface area (Å²) in [5.74, 6) is 0.947. The summed E-state index contributed by atoms with van der Waals surface area (Å²) in [4.78, 5) is 2.26. The van der Waals surface area contributed by atoms with Crippen molar-refractivity contribution >= 4 is 39.4 Å². The number of rotatable bonds is 5. The molecule has 8 heteroatoms. The lowest BCUT2D eigenvalue weighted by Gasteiger charge is -2.01. The molecule has 0 saturated heterocycles. The first-order valence-electron chi connectivity index (χ1n) is 7.11. The van der Waals surface area contributed by atoms with Gasteiger partial charge in [0.05, 0.1) is 21.2 Å². The number of furan rings is 1. The van der Waals surface area contributed by atoms with Gasteiger partial charge in [-0.25, -0.2) is 0 Å². The van der Waals surface area contributed by atoms with Crippen molar-refractivity contribution in [3.63, 3.8) is 0 Å². The van der Waals surface area contributed by atoms with Gasteiger partial charge < -0.3 is 4.42 Å². The highest BCUT2D eigenvalue weighted by Crippen LogP contribution is 2.29. The zero-order chi connectivity index (χ0) is 17.9. The Labute approximate surface area is 154 Å². The van der Waals surface area contributed by atoms with Crippen LogP contribution in [0, 0.1) is 0 Å². The summed E-state index contributed by atoms with van der Waals surface area (Å²) in [6.07, 6.45) is 1.28. The van der Waals surface area contributed by atoms with Crippen LogP contribution in [0.1, 0.15) is 5.76 Å². The molecule has 1 heterocycles. The van der Waals surface area contributed by atoms with Crippen LogP contribution in [0.15, 0.2) is 75.1 Å². The highest BCUT2D eigenvalue weighted by atomic mass is 35.5. The molecule has 0 aliphatic carbocycles. The SMILES string of the molecule is O=S(=O)(N/N=C\c1ccc(-c2ccc(Cl)c(Cl)c2)o1)c1ccccc1. The summed E-state index contributed by atoms with van der Waals surface area (Å²) in [5.41, 5.74) is 0.749. The van der Waals surface area contributed by atoms with E-state index in [0.717, 1.165) is 5.56 Å². The first-order valence-corrected chi connectivity index (χ1v) is 9.35. The summed E-state index contributed by atoms with van der Waals surface area (Å²) in [7, 11) is -3.71. The van der Waals surface area contributed by atoms with Gasteiger partial charge in [-0.05, 0) is 42.5 Å². The van der Waals surface area contributed by atoms with E-state index in [1.54, 1.807) is 48.5 Å². The average molecular weight is 395 g/mol. The van der Waals surface area contributed by atoms with Crippen LogP contribution < -0.4 is 4.83 Å². The summed E-state index contributed by atoms with van der Waals surface area (Å²) >= 11 is 11.9. The zero-order valence-electron chi connectivity index (χ0n) is 12.7. The van der Waals surface area contributed by atoms with E-state index in [9.17, 15) is 8.42 Å². The van der Waals surface area contributed by atoms with E-state index in [4.69, 9.17) is 27.6 Å². The molecule has 3 rings (SSSR count). The minimum absolute atomic E-state index is 0.128. The first kappa shape index (κ1) is 17.5. The van der Waals surface area contributed by atoms with Crippen LogP contribution in [0.4, 0.5) is 0 Å². The fraction of sp³-hybridized carbons (Fsp3) is 0. The third kappa shape index (κ3) is 4.22. The number of sulfonamides is 1. The van der Waals surface area contributed by atoms with Gasteiger partial charge in [0, 0.05) is 5.56 Å². The average Bonchev–Trinajstić information content (AvgIpc) is 3.07. The van der Waals surface area contributed by atoms with Gasteiger partial charge in [0.15, 0.2) is 0 Å². The molecule has 1 N–H and O–H groups in total. The van der Waals surface area contributed by atoms with E-state index in [0.29, 0.717) is 21.6 Å². The molecule has 1 aromatic heterocycles. The van der Waals surface area contributed by atoms with Crippen molar-refractivity contribution in [2.75, 3.05) is 0 Å². The molecule has 25 heavy (non-hydrogen) atoms. The lowest BCUT2D eigenvalue weighted by atomic mass is 10.2.